The summed E-state index contributed by atoms with van der Waals surface area (Å²) in [4.78, 5) is 28.2. The zero-order chi connectivity index (χ0) is 19.7. The van der Waals surface area contributed by atoms with Gasteiger partial charge in [0.25, 0.3) is 5.91 Å². The molecule has 2 aromatic heterocycles. The molecule has 1 fully saturated rings. The smallest absolute Gasteiger partial charge is 0.254 e. The summed E-state index contributed by atoms with van der Waals surface area (Å²) in [6, 6.07) is 8.17. The van der Waals surface area contributed by atoms with E-state index in [1.54, 1.807) is 12.4 Å². The SMILES string of the molecule is Cc1ccc2c(C(=O)N3CCC(C#N)CC3)cc(-c3cncnc3)nc2c1C. The monoisotopic (exact) mass is 371 g/mol. The summed E-state index contributed by atoms with van der Waals surface area (Å²) in [7, 11) is 0. The van der Waals surface area contributed by atoms with Gasteiger partial charge >= 0.3 is 0 Å². The standard InChI is InChI=1S/C22H21N5O/c1-14-3-4-18-19(22(28)27-7-5-16(10-23)6-8-27)9-20(26-21(18)15(14)2)17-11-24-13-25-12-17/h3-4,9,11-13,16H,5-8H2,1-2H3. The van der Waals surface area contributed by atoms with E-state index in [0.717, 1.165) is 40.4 Å². The molecule has 6 heteroatoms. The summed E-state index contributed by atoms with van der Waals surface area (Å²) in [5.74, 6) is 0.0327. The third-order valence-corrected chi connectivity index (χ3v) is 5.56. The lowest BCUT2D eigenvalue weighted by atomic mass is 9.96. The van der Waals surface area contributed by atoms with Gasteiger partial charge in [0.15, 0.2) is 0 Å². The number of carbonyl (C=O) groups excluding carboxylic acids is 1. The molecule has 1 aliphatic heterocycles. The zero-order valence-corrected chi connectivity index (χ0v) is 16.0. The number of pyridine rings is 1. The fourth-order valence-corrected chi connectivity index (χ4v) is 3.67. The molecule has 0 spiro atoms. The maximum atomic E-state index is 13.4. The van der Waals surface area contributed by atoms with E-state index in [1.807, 2.05) is 36.9 Å². The normalized spacial score (nSPS) is 14.8. The second-order valence-corrected chi connectivity index (χ2v) is 7.28. The minimum Gasteiger partial charge on any atom is -0.339 e. The molecule has 0 saturated carbocycles. The minimum atomic E-state index is -0.00913. The largest absolute Gasteiger partial charge is 0.339 e. The molecule has 1 saturated heterocycles. The molecular weight excluding hydrogens is 350 g/mol. The van der Waals surface area contributed by atoms with Crippen LogP contribution in [-0.4, -0.2) is 38.8 Å². The van der Waals surface area contributed by atoms with Crippen LogP contribution in [0.3, 0.4) is 0 Å². The number of amides is 1. The van der Waals surface area contributed by atoms with Crippen LogP contribution < -0.4 is 0 Å². The fraction of sp³-hybridized carbons (Fsp3) is 0.318. The zero-order valence-electron chi connectivity index (χ0n) is 16.0. The first-order chi connectivity index (χ1) is 13.6. The summed E-state index contributed by atoms with van der Waals surface area (Å²) < 4.78 is 0. The Morgan fingerprint density at radius 3 is 2.57 bits per heavy atom. The highest BCUT2D eigenvalue weighted by Gasteiger charge is 2.25. The molecule has 1 amide bonds. The van der Waals surface area contributed by atoms with Crippen LogP contribution in [0, 0.1) is 31.1 Å². The van der Waals surface area contributed by atoms with Gasteiger partial charge < -0.3 is 4.90 Å². The van der Waals surface area contributed by atoms with E-state index in [4.69, 9.17) is 10.2 Å². The second kappa shape index (κ2) is 7.35. The minimum absolute atomic E-state index is 0.00913. The molecule has 0 unspecified atom stereocenters. The van der Waals surface area contributed by atoms with Crippen molar-refractivity contribution in [3.8, 4) is 17.3 Å². The lowest BCUT2D eigenvalue weighted by Crippen LogP contribution is -2.38. The van der Waals surface area contributed by atoms with Crippen molar-refractivity contribution < 1.29 is 4.79 Å². The summed E-state index contributed by atoms with van der Waals surface area (Å²) in [6.07, 6.45) is 6.34. The second-order valence-electron chi connectivity index (χ2n) is 7.28. The Morgan fingerprint density at radius 1 is 1.18 bits per heavy atom. The molecule has 1 aromatic carbocycles. The van der Waals surface area contributed by atoms with Crippen LogP contribution in [0.4, 0.5) is 0 Å². The van der Waals surface area contributed by atoms with Crippen molar-refractivity contribution >= 4 is 16.8 Å². The lowest BCUT2D eigenvalue weighted by Gasteiger charge is -2.29. The van der Waals surface area contributed by atoms with Gasteiger partial charge in [-0.25, -0.2) is 15.0 Å². The number of nitriles is 1. The Morgan fingerprint density at radius 2 is 1.89 bits per heavy atom. The van der Waals surface area contributed by atoms with Crippen LogP contribution in [0.2, 0.25) is 0 Å². The molecule has 0 aliphatic carbocycles. The number of nitrogens with zero attached hydrogens (tertiary/aromatic N) is 5. The number of hydrogen-bond acceptors (Lipinski definition) is 5. The van der Waals surface area contributed by atoms with Crippen molar-refractivity contribution in [1.82, 2.24) is 19.9 Å². The lowest BCUT2D eigenvalue weighted by molar-refractivity contribution is 0.0709. The Balaban J connectivity index is 1.84. The number of piperidine rings is 1. The maximum Gasteiger partial charge on any atom is 0.254 e. The molecule has 1 aliphatic rings. The van der Waals surface area contributed by atoms with Crippen molar-refractivity contribution in [3.05, 3.63) is 53.6 Å². The maximum absolute atomic E-state index is 13.4. The Kier molecular flexibility index (Phi) is 4.74. The molecular formula is C22H21N5O. The van der Waals surface area contributed by atoms with E-state index in [9.17, 15) is 4.79 Å². The molecule has 28 heavy (non-hydrogen) atoms. The number of carbonyl (C=O) groups is 1. The number of aromatic nitrogens is 3. The number of benzene rings is 1. The van der Waals surface area contributed by atoms with Crippen LogP contribution >= 0.6 is 0 Å². The third kappa shape index (κ3) is 3.20. The molecule has 3 aromatic rings. The van der Waals surface area contributed by atoms with Gasteiger partial charge in [-0.15, -0.1) is 0 Å². The number of aryl methyl sites for hydroxylation is 2. The van der Waals surface area contributed by atoms with Gasteiger partial charge in [0.05, 0.1) is 22.8 Å². The predicted molar refractivity (Wildman–Crippen MR) is 106 cm³/mol. The van der Waals surface area contributed by atoms with Gasteiger partial charge in [0.2, 0.25) is 0 Å². The van der Waals surface area contributed by atoms with Crippen molar-refractivity contribution in [2.24, 2.45) is 5.92 Å². The first-order valence-corrected chi connectivity index (χ1v) is 9.43. The van der Waals surface area contributed by atoms with Crippen LogP contribution in [0.1, 0.15) is 34.3 Å². The molecule has 6 nitrogen and oxygen atoms in total. The van der Waals surface area contributed by atoms with E-state index in [-0.39, 0.29) is 11.8 Å². The van der Waals surface area contributed by atoms with Crippen LogP contribution in [-0.2, 0) is 0 Å². The van der Waals surface area contributed by atoms with E-state index in [0.29, 0.717) is 24.3 Å². The Labute approximate surface area is 163 Å². The number of fused-ring (bicyclic) bond motifs is 1. The predicted octanol–water partition coefficient (Wildman–Crippen LogP) is 3.68. The van der Waals surface area contributed by atoms with Crippen molar-refractivity contribution in [1.29, 1.82) is 5.26 Å². The highest BCUT2D eigenvalue weighted by atomic mass is 16.2. The summed E-state index contributed by atoms with van der Waals surface area (Å²) >= 11 is 0. The average Bonchev–Trinajstić information content (AvgIpc) is 2.76. The quantitative estimate of drug-likeness (QED) is 0.686. The number of hydrogen-bond donors (Lipinski definition) is 0. The van der Waals surface area contributed by atoms with Gasteiger partial charge in [0.1, 0.15) is 6.33 Å². The van der Waals surface area contributed by atoms with Crippen molar-refractivity contribution in [2.75, 3.05) is 13.1 Å². The van der Waals surface area contributed by atoms with E-state index in [1.165, 1.54) is 6.33 Å². The topological polar surface area (TPSA) is 82.8 Å². The Bertz CT molecular complexity index is 1080. The van der Waals surface area contributed by atoms with Crippen molar-refractivity contribution in [3.63, 3.8) is 0 Å². The molecule has 3 heterocycles. The molecule has 0 atom stereocenters. The van der Waals surface area contributed by atoms with E-state index < -0.39 is 0 Å². The Hall–Kier alpha value is -3.33. The van der Waals surface area contributed by atoms with Gasteiger partial charge in [-0.05, 0) is 43.9 Å². The summed E-state index contributed by atoms with van der Waals surface area (Å²) in [6.45, 7) is 5.29. The highest BCUT2D eigenvalue weighted by molar-refractivity contribution is 6.08. The molecule has 0 radical (unpaired) electrons. The molecule has 0 N–H and O–H groups in total. The first-order valence-electron chi connectivity index (χ1n) is 9.43. The van der Waals surface area contributed by atoms with Gasteiger partial charge in [-0.1, -0.05) is 12.1 Å². The molecule has 0 bridgehead atoms. The van der Waals surface area contributed by atoms with Crippen LogP contribution in [0.5, 0.6) is 0 Å². The molecule has 140 valence electrons. The van der Waals surface area contributed by atoms with Crippen LogP contribution in [0.25, 0.3) is 22.2 Å². The van der Waals surface area contributed by atoms with Crippen molar-refractivity contribution in [2.45, 2.75) is 26.7 Å². The van der Waals surface area contributed by atoms with Gasteiger partial charge in [-0.2, -0.15) is 5.26 Å². The average molecular weight is 371 g/mol. The van der Waals surface area contributed by atoms with E-state index in [2.05, 4.69) is 16.0 Å². The highest BCUT2D eigenvalue weighted by Crippen LogP contribution is 2.29. The fourth-order valence-electron chi connectivity index (χ4n) is 3.67. The van der Waals surface area contributed by atoms with Crippen LogP contribution in [0.15, 0.2) is 36.9 Å². The first kappa shape index (κ1) is 18.1. The summed E-state index contributed by atoms with van der Waals surface area (Å²) in [5.41, 5.74) is 5.14. The number of rotatable bonds is 2. The number of likely N-dealkylation sites (tertiary alicyclic amines) is 1. The van der Waals surface area contributed by atoms with E-state index >= 15 is 0 Å². The van der Waals surface area contributed by atoms with Gasteiger partial charge in [-0.3, -0.25) is 4.79 Å². The third-order valence-electron chi connectivity index (χ3n) is 5.56. The molecule has 4 rings (SSSR count). The van der Waals surface area contributed by atoms with Gasteiger partial charge in [0, 0.05) is 42.4 Å². The summed E-state index contributed by atoms with van der Waals surface area (Å²) in [5, 5.41) is 9.98.